The normalized spacial score (nSPS) is 24.8. The molecule has 3 heteroatoms. The summed E-state index contributed by atoms with van der Waals surface area (Å²) in [7, 11) is 0. The highest BCUT2D eigenvalue weighted by atomic mass is 16.5. The smallest absolute Gasteiger partial charge is 0.119 e. The monoisotopic (exact) mass is 289 g/mol. The number of fused-ring (bicyclic) bond motifs is 1. The molecule has 1 fully saturated rings. The van der Waals surface area contributed by atoms with Crippen LogP contribution in [0.25, 0.3) is 0 Å². The predicted molar refractivity (Wildman–Crippen MR) is 84.9 cm³/mol. The van der Waals surface area contributed by atoms with Crippen molar-refractivity contribution in [3.8, 4) is 5.75 Å². The standard InChI is InChI=1S/C18H27NO2/c1-2-19-18-7-3-5-14-8-9-16(13-17(14)18)21-12-10-15-6-4-11-20-15/h8-9,13,15,18-19H,2-7,10-12H2,1H3. The first-order valence-corrected chi connectivity index (χ1v) is 8.47. The topological polar surface area (TPSA) is 30.5 Å². The number of benzene rings is 1. The van der Waals surface area contributed by atoms with Crippen LogP contribution in [0.4, 0.5) is 0 Å². The summed E-state index contributed by atoms with van der Waals surface area (Å²) in [5.74, 6) is 1.01. The molecule has 0 spiro atoms. The van der Waals surface area contributed by atoms with Crippen LogP contribution in [0.1, 0.15) is 56.2 Å². The van der Waals surface area contributed by atoms with Gasteiger partial charge in [0.1, 0.15) is 5.75 Å². The Kier molecular flexibility index (Phi) is 5.15. The molecule has 116 valence electrons. The first kappa shape index (κ1) is 14.9. The van der Waals surface area contributed by atoms with Crippen molar-refractivity contribution in [2.75, 3.05) is 19.8 Å². The zero-order valence-corrected chi connectivity index (χ0v) is 13.1. The highest BCUT2D eigenvalue weighted by molar-refractivity contribution is 5.39. The average Bonchev–Trinajstić information content (AvgIpc) is 3.01. The van der Waals surface area contributed by atoms with E-state index in [9.17, 15) is 0 Å². The van der Waals surface area contributed by atoms with E-state index < -0.39 is 0 Å². The van der Waals surface area contributed by atoms with Crippen molar-refractivity contribution in [1.29, 1.82) is 0 Å². The zero-order valence-electron chi connectivity index (χ0n) is 13.1. The number of nitrogens with one attached hydrogen (secondary N) is 1. The quantitative estimate of drug-likeness (QED) is 0.867. The van der Waals surface area contributed by atoms with Crippen molar-refractivity contribution in [2.24, 2.45) is 0 Å². The third kappa shape index (κ3) is 3.78. The highest BCUT2D eigenvalue weighted by Crippen LogP contribution is 2.32. The molecule has 1 heterocycles. The molecule has 1 N–H and O–H groups in total. The molecule has 0 radical (unpaired) electrons. The molecule has 0 amide bonds. The fraction of sp³-hybridized carbons (Fsp3) is 0.667. The summed E-state index contributed by atoms with van der Waals surface area (Å²) in [5.41, 5.74) is 2.93. The second-order valence-corrected chi connectivity index (χ2v) is 6.14. The van der Waals surface area contributed by atoms with Crippen LogP contribution in [-0.4, -0.2) is 25.9 Å². The molecular formula is C18H27NO2. The van der Waals surface area contributed by atoms with Crippen LogP contribution in [0, 0.1) is 0 Å². The SMILES string of the molecule is CCNC1CCCc2ccc(OCCC3CCCO3)cc21. The maximum Gasteiger partial charge on any atom is 0.119 e. The Labute approximate surface area is 128 Å². The van der Waals surface area contributed by atoms with Crippen LogP contribution in [0.15, 0.2) is 18.2 Å². The highest BCUT2D eigenvalue weighted by Gasteiger charge is 2.20. The van der Waals surface area contributed by atoms with Crippen molar-refractivity contribution in [3.63, 3.8) is 0 Å². The Morgan fingerprint density at radius 1 is 1.29 bits per heavy atom. The Morgan fingerprint density at radius 2 is 2.24 bits per heavy atom. The van der Waals surface area contributed by atoms with Gasteiger partial charge in [-0.25, -0.2) is 0 Å². The lowest BCUT2D eigenvalue weighted by Gasteiger charge is -2.26. The van der Waals surface area contributed by atoms with Crippen LogP contribution < -0.4 is 10.1 Å². The van der Waals surface area contributed by atoms with Crippen LogP contribution in [-0.2, 0) is 11.2 Å². The number of hydrogen-bond donors (Lipinski definition) is 1. The maximum absolute atomic E-state index is 5.95. The van der Waals surface area contributed by atoms with Gasteiger partial charge in [0.25, 0.3) is 0 Å². The fourth-order valence-electron chi connectivity index (χ4n) is 3.51. The molecule has 0 saturated carbocycles. The van der Waals surface area contributed by atoms with E-state index in [1.54, 1.807) is 0 Å². The molecule has 1 saturated heterocycles. The minimum absolute atomic E-state index is 0.414. The van der Waals surface area contributed by atoms with Gasteiger partial charge in [-0.15, -0.1) is 0 Å². The zero-order chi connectivity index (χ0) is 14.5. The van der Waals surface area contributed by atoms with Gasteiger partial charge in [-0.2, -0.15) is 0 Å². The van der Waals surface area contributed by atoms with Gasteiger partial charge in [-0.3, -0.25) is 0 Å². The largest absolute Gasteiger partial charge is 0.493 e. The predicted octanol–water partition coefficient (Wildman–Crippen LogP) is 3.62. The number of aryl methyl sites for hydroxylation is 1. The first-order chi connectivity index (χ1) is 10.4. The van der Waals surface area contributed by atoms with Crippen molar-refractivity contribution in [1.82, 2.24) is 5.32 Å². The number of hydrogen-bond acceptors (Lipinski definition) is 3. The Hall–Kier alpha value is -1.06. The molecule has 2 atom stereocenters. The minimum Gasteiger partial charge on any atom is -0.493 e. The van der Waals surface area contributed by atoms with Gasteiger partial charge in [0.2, 0.25) is 0 Å². The molecule has 3 rings (SSSR count). The second-order valence-electron chi connectivity index (χ2n) is 6.14. The Morgan fingerprint density at radius 3 is 3.05 bits per heavy atom. The summed E-state index contributed by atoms with van der Waals surface area (Å²) in [6, 6.07) is 7.13. The van der Waals surface area contributed by atoms with E-state index >= 15 is 0 Å². The first-order valence-electron chi connectivity index (χ1n) is 8.47. The van der Waals surface area contributed by atoms with E-state index in [2.05, 4.69) is 30.4 Å². The maximum atomic E-state index is 5.95. The van der Waals surface area contributed by atoms with Crippen molar-refractivity contribution in [2.45, 2.75) is 57.6 Å². The molecule has 0 bridgehead atoms. The van der Waals surface area contributed by atoms with E-state index in [0.717, 1.165) is 31.9 Å². The van der Waals surface area contributed by atoms with Crippen LogP contribution in [0.3, 0.4) is 0 Å². The van der Waals surface area contributed by atoms with Gasteiger partial charge in [-0.05, 0) is 61.9 Å². The van der Waals surface area contributed by atoms with Gasteiger partial charge in [0, 0.05) is 19.1 Å². The molecule has 21 heavy (non-hydrogen) atoms. The second kappa shape index (κ2) is 7.28. The Balaban J connectivity index is 1.59. The molecule has 1 aliphatic heterocycles. The summed E-state index contributed by atoms with van der Waals surface area (Å²) < 4.78 is 11.6. The van der Waals surface area contributed by atoms with Crippen molar-refractivity contribution >= 4 is 0 Å². The minimum atomic E-state index is 0.414. The van der Waals surface area contributed by atoms with Gasteiger partial charge < -0.3 is 14.8 Å². The van der Waals surface area contributed by atoms with E-state index in [1.807, 2.05) is 0 Å². The van der Waals surface area contributed by atoms with Gasteiger partial charge in [-0.1, -0.05) is 13.0 Å². The van der Waals surface area contributed by atoms with E-state index in [0.29, 0.717) is 12.1 Å². The van der Waals surface area contributed by atoms with Crippen LogP contribution >= 0.6 is 0 Å². The summed E-state index contributed by atoms with van der Waals surface area (Å²) in [6.07, 6.45) is 7.53. The summed E-state index contributed by atoms with van der Waals surface area (Å²) in [5, 5.41) is 3.59. The molecule has 1 aromatic rings. The lowest BCUT2D eigenvalue weighted by molar-refractivity contribution is 0.0903. The van der Waals surface area contributed by atoms with Crippen LogP contribution in [0.5, 0.6) is 5.75 Å². The van der Waals surface area contributed by atoms with Gasteiger partial charge in [0.05, 0.1) is 12.7 Å². The molecule has 2 aliphatic rings. The van der Waals surface area contributed by atoms with E-state index in [-0.39, 0.29) is 0 Å². The van der Waals surface area contributed by atoms with Crippen molar-refractivity contribution in [3.05, 3.63) is 29.3 Å². The summed E-state index contributed by atoms with van der Waals surface area (Å²) >= 11 is 0. The van der Waals surface area contributed by atoms with Gasteiger partial charge in [0.15, 0.2) is 0 Å². The molecular weight excluding hydrogens is 262 g/mol. The average molecular weight is 289 g/mol. The lowest BCUT2D eigenvalue weighted by atomic mass is 9.87. The molecule has 1 aromatic carbocycles. The molecule has 2 unspecified atom stereocenters. The molecule has 1 aliphatic carbocycles. The fourth-order valence-corrected chi connectivity index (χ4v) is 3.51. The summed E-state index contributed by atoms with van der Waals surface area (Å²) in [6.45, 7) is 4.88. The number of ether oxygens (including phenoxy) is 2. The molecule has 0 aromatic heterocycles. The number of rotatable bonds is 6. The van der Waals surface area contributed by atoms with Crippen LogP contribution in [0.2, 0.25) is 0 Å². The van der Waals surface area contributed by atoms with E-state index in [1.165, 1.54) is 43.2 Å². The van der Waals surface area contributed by atoms with Gasteiger partial charge >= 0.3 is 0 Å². The summed E-state index contributed by atoms with van der Waals surface area (Å²) in [4.78, 5) is 0. The Bertz CT molecular complexity index is 455. The van der Waals surface area contributed by atoms with E-state index in [4.69, 9.17) is 9.47 Å². The molecule has 3 nitrogen and oxygen atoms in total. The lowest BCUT2D eigenvalue weighted by Crippen LogP contribution is -2.24. The van der Waals surface area contributed by atoms with Crippen molar-refractivity contribution < 1.29 is 9.47 Å². The third-order valence-electron chi connectivity index (χ3n) is 4.61. The third-order valence-corrected chi connectivity index (χ3v) is 4.61.